The zero-order chi connectivity index (χ0) is 24.4. The summed E-state index contributed by atoms with van der Waals surface area (Å²) in [5, 5.41) is 16.3. The number of carbonyl (C=O) groups excluding carboxylic acids is 1. The summed E-state index contributed by atoms with van der Waals surface area (Å²) in [6.45, 7) is 3.97. The smallest absolute Gasteiger partial charge is 0.311 e. The van der Waals surface area contributed by atoms with Crippen molar-refractivity contribution in [1.29, 1.82) is 0 Å². The molecule has 10 heteroatoms. The second kappa shape index (κ2) is 9.78. The van der Waals surface area contributed by atoms with E-state index in [-0.39, 0.29) is 23.4 Å². The Morgan fingerprint density at radius 3 is 2.65 bits per heavy atom. The van der Waals surface area contributed by atoms with Crippen LogP contribution in [0.3, 0.4) is 0 Å². The predicted octanol–water partition coefficient (Wildman–Crippen LogP) is 5.46. The highest BCUT2D eigenvalue weighted by molar-refractivity contribution is 8.26. The number of para-hydroxylation sites is 1. The van der Waals surface area contributed by atoms with Gasteiger partial charge in [0.25, 0.3) is 5.91 Å². The lowest BCUT2D eigenvalue weighted by atomic mass is 10.1. The maximum Gasteiger partial charge on any atom is 0.311 e. The highest BCUT2D eigenvalue weighted by atomic mass is 32.2. The Hall–Kier alpha value is -3.50. The van der Waals surface area contributed by atoms with E-state index in [0.717, 1.165) is 12.1 Å². The molecule has 2 aromatic carbocycles. The summed E-state index contributed by atoms with van der Waals surface area (Å²) in [5.41, 5.74) is 2.34. The Balaban J connectivity index is 1.85. The highest BCUT2D eigenvalue weighted by Crippen LogP contribution is 2.38. The van der Waals surface area contributed by atoms with E-state index in [0.29, 0.717) is 26.0 Å². The van der Waals surface area contributed by atoms with Crippen LogP contribution in [0.15, 0.2) is 59.6 Å². The zero-order valence-electron chi connectivity index (χ0n) is 18.8. The van der Waals surface area contributed by atoms with Crippen molar-refractivity contribution in [2.75, 3.05) is 7.11 Å². The molecule has 34 heavy (non-hydrogen) atoms. The second-order valence-electron chi connectivity index (χ2n) is 7.67. The molecule has 1 aliphatic heterocycles. The van der Waals surface area contributed by atoms with Crippen LogP contribution in [0.5, 0.6) is 5.75 Å². The molecular weight excluding hydrogens is 472 g/mol. The monoisotopic (exact) mass is 494 g/mol. The summed E-state index contributed by atoms with van der Waals surface area (Å²) in [4.78, 5) is 26.3. The molecule has 1 atom stereocenters. The molecule has 1 saturated heterocycles. The summed E-state index contributed by atoms with van der Waals surface area (Å²) in [7, 11) is 1.39. The molecule has 8 nitrogen and oxygen atoms in total. The Labute approximate surface area is 206 Å². The van der Waals surface area contributed by atoms with Crippen molar-refractivity contribution in [3.8, 4) is 22.7 Å². The van der Waals surface area contributed by atoms with E-state index in [9.17, 15) is 14.9 Å². The van der Waals surface area contributed by atoms with Gasteiger partial charge in [0.15, 0.2) is 5.75 Å². The first-order valence-electron chi connectivity index (χ1n) is 10.6. The average molecular weight is 495 g/mol. The molecule has 174 valence electrons. The summed E-state index contributed by atoms with van der Waals surface area (Å²) in [6.07, 6.45) is 4.34. The maximum atomic E-state index is 13.1. The first-order valence-corrected chi connectivity index (χ1v) is 11.8. The fraction of sp³-hybridized carbons (Fsp3) is 0.208. The van der Waals surface area contributed by atoms with E-state index in [1.165, 1.54) is 24.9 Å². The Morgan fingerprint density at radius 2 is 2.00 bits per heavy atom. The van der Waals surface area contributed by atoms with Gasteiger partial charge in [-0.3, -0.25) is 19.8 Å². The van der Waals surface area contributed by atoms with Gasteiger partial charge in [0.2, 0.25) is 0 Å². The Morgan fingerprint density at radius 1 is 1.26 bits per heavy atom. The van der Waals surface area contributed by atoms with Gasteiger partial charge in [-0.2, -0.15) is 5.10 Å². The van der Waals surface area contributed by atoms with E-state index in [1.54, 1.807) is 34.0 Å². The number of benzene rings is 2. The number of hydrogen-bond donors (Lipinski definition) is 0. The number of ether oxygens (including phenoxy) is 1. The van der Waals surface area contributed by atoms with Crippen LogP contribution in [-0.4, -0.2) is 43.0 Å². The molecule has 0 N–H and O–H groups in total. The third kappa shape index (κ3) is 4.46. The molecular formula is C24H22N4O4S2. The predicted molar refractivity (Wildman–Crippen MR) is 137 cm³/mol. The number of nitro benzene ring substituents is 1. The van der Waals surface area contributed by atoms with Gasteiger partial charge in [-0.1, -0.05) is 49.1 Å². The molecule has 2 heterocycles. The molecule has 0 radical (unpaired) electrons. The highest BCUT2D eigenvalue weighted by Gasteiger charge is 2.35. The van der Waals surface area contributed by atoms with Crippen molar-refractivity contribution >= 4 is 46.0 Å². The van der Waals surface area contributed by atoms with Crippen LogP contribution < -0.4 is 4.74 Å². The number of hydrogen-bond acceptors (Lipinski definition) is 7. The van der Waals surface area contributed by atoms with Crippen LogP contribution in [0.25, 0.3) is 23.0 Å². The molecule has 0 saturated carbocycles. The number of methoxy groups -OCH3 is 1. The van der Waals surface area contributed by atoms with E-state index >= 15 is 0 Å². The Bertz CT molecular complexity index is 1300. The summed E-state index contributed by atoms with van der Waals surface area (Å²) in [6, 6.07) is 14.2. The minimum Gasteiger partial charge on any atom is -0.490 e. The van der Waals surface area contributed by atoms with Crippen molar-refractivity contribution in [2.45, 2.75) is 26.3 Å². The van der Waals surface area contributed by atoms with E-state index in [1.807, 2.05) is 44.2 Å². The molecule has 3 aromatic rings. The molecule has 0 aliphatic carbocycles. The third-order valence-corrected chi connectivity index (χ3v) is 6.88. The first-order chi connectivity index (χ1) is 16.3. The van der Waals surface area contributed by atoms with Crippen LogP contribution in [0.1, 0.15) is 25.8 Å². The van der Waals surface area contributed by atoms with Gasteiger partial charge in [-0.15, -0.1) is 0 Å². The number of thiocarbonyl (C=S) groups is 1. The van der Waals surface area contributed by atoms with Gasteiger partial charge in [0.1, 0.15) is 10.0 Å². The zero-order valence-corrected chi connectivity index (χ0v) is 20.4. The largest absolute Gasteiger partial charge is 0.490 e. The minimum atomic E-state index is -0.493. The molecule has 0 spiro atoms. The van der Waals surface area contributed by atoms with Gasteiger partial charge in [-0.05, 0) is 43.7 Å². The normalized spacial score (nSPS) is 15.7. The van der Waals surface area contributed by atoms with Crippen molar-refractivity contribution in [2.24, 2.45) is 0 Å². The van der Waals surface area contributed by atoms with Crippen LogP contribution in [0.2, 0.25) is 0 Å². The number of amides is 1. The van der Waals surface area contributed by atoms with Gasteiger partial charge in [0.05, 0.1) is 22.6 Å². The average Bonchev–Trinajstić information content (AvgIpc) is 3.39. The molecule has 1 fully saturated rings. The summed E-state index contributed by atoms with van der Waals surface area (Å²) >= 11 is 6.70. The topological polar surface area (TPSA) is 90.5 Å². The van der Waals surface area contributed by atoms with Crippen molar-refractivity contribution in [3.05, 3.63) is 75.3 Å². The molecule has 0 bridgehead atoms. The fourth-order valence-electron chi connectivity index (χ4n) is 3.59. The number of nitro groups is 1. The molecule has 1 aliphatic rings. The number of aromatic nitrogens is 2. The van der Waals surface area contributed by atoms with Gasteiger partial charge in [0, 0.05) is 29.4 Å². The third-order valence-electron chi connectivity index (χ3n) is 5.55. The van der Waals surface area contributed by atoms with Gasteiger partial charge in [-0.25, -0.2) is 4.68 Å². The standard InChI is InChI=1S/C24H22N4O4S2/c1-4-15(2)27-23(29)21(34-24(27)33)13-17-14-26(18-8-6-5-7-9-18)25-22(17)16-10-11-20(32-3)19(12-16)28(30)31/h5-15H,4H2,1-3H3/b21-13+. The fourth-order valence-corrected chi connectivity index (χ4v) is 5.05. The van der Waals surface area contributed by atoms with Gasteiger partial charge < -0.3 is 4.74 Å². The van der Waals surface area contributed by atoms with Crippen molar-refractivity contribution in [3.63, 3.8) is 0 Å². The number of rotatable bonds is 7. The number of thioether (sulfide) groups is 1. The molecule has 4 rings (SSSR count). The minimum absolute atomic E-state index is 0.00542. The van der Waals surface area contributed by atoms with Crippen LogP contribution >= 0.6 is 24.0 Å². The SMILES string of the molecule is CCC(C)N1C(=O)/C(=C\c2cn(-c3ccccc3)nc2-c2ccc(OC)c([N+](=O)[O-])c2)SC1=S. The lowest BCUT2D eigenvalue weighted by molar-refractivity contribution is -0.385. The van der Waals surface area contributed by atoms with E-state index in [4.69, 9.17) is 22.1 Å². The quantitative estimate of drug-likeness (QED) is 0.187. The summed E-state index contributed by atoms with van der Waals surface area (Å²) in [5.74, 6) is 0.00990. The van der Waals surface area contributed by atoms with Crippen molar-refractivity contribution < 1.29 is 14.5 Å². The number of carbonyl (C=O) groups is 1. The van der Waals surface area contributed by atoms with Crippen LogP contribution in [0, 0.1) is 10.1 Å². The lowest BCUT2D eigenvalue weighted by Gasteiger charge is -2.21. The van der Waals surface area contributed by atoms with E-state index < -0.39 is 4.92 Å². The molecule has 1 unspecified atom stereocenters. The molecule has 1 aromatic heterocycles. The van der Waals surface area contributed by atoms with Crippen molar-refractivity contribution in [1.82, 2.24) is 14.7 Å². The summed E-state index contributed by atoms with van der Waals surface area (Å²) < 4.78 is 7.34. The number of nitrogens with zero attached hydrogens (tertiary/aromatic N) is 4. The van der Waals surface area contributed by atoms with Crippen LogP contribution in [-0.2, 0) is 4.79 Å². The first kappa shape index (κ1) is 23.7. The second-order valence-corrected chi connectivity index (χ2v) is 9.34. The Kier molecular flexibility index (Phi) is 6.80. The van der Waals surface area contributed by atoms with Crippen LogP contribution in [0.4, 0.5) is 5.69 Å². The maximum absolute atomic E-state index is 13.1. The van der Waals surface area contributed by atoms with Gasteiger partial charge >= 0.3 is 5.69 Å². The van der Waals surface area contributed by atoms with E-state index in [2.05, 4.69) is 0 Å². The molecule has 1 amide bonds. The lowest BCUT2D eigenvalue weighted by Crippen LogP contribution is -2.36.